The Morgan fingerprint density at radius 3 is 3.04 bits per heavy atom. The van der Waals surface area contributed by atoms with Gasteiger partial charge < -0.3 is 14.8 Å². The van der Waals surface area contributed by atoms with E-state index < -0.39 is 0 Å². The van der Waals surface area contributed by atoms with Crippen LogP contribution in [0.1, 0.15) is 47.1 Å². The van der Waals surface area contributed by atoms with Crippen molar-refractivity contribution in [3.8, 4) is 0 Å². The van der Waals surface area contributed by atoms with E-state index in [2.05, 4.69) is 27.1 Å². The van der Waals surface area contributed by atoms with Crippen LogP contribution in [0.4, 0.5) is 9.93 Å². The first-order valence-electron chi connectivity index (χ1n) is 8.99. The number of thiophene rings is 1. The molecule has 2 aliphatic rings. The summed E-state index contributed by atoms with van der Waals surface area (Å²) in [6, 6.07) is 1.75. The first-order valence-corrected chi connectivity index (χ1v) is 10.7. The van der Waals surface area contributed by atoms with Crippen LogP contribution in [0.25, 0.3) is 0 Å². The van der Waals surface area contributed by atoms with Crippen LogP contribution in [0.5, 0.6) is 0 Å². The van der Waals surface area contributed by atoms with Crippen LogP contribution in [0, 0.1) is 0 Å². The van der Waals surface area contributed by atoms with Gasteiger partial charge in [-0.05, 0) is 42.7 Å². The average molecular weight is 394 g/mol. The monoisotopic (exact) mass is 393 g/mol. The van der Waals surface area contributed by atoms with Crippen LogP contribution in [0.3, 0.4) is 0 Å². The van der Waals surface area contributed by atoms with Crippen LogP contribution in [-0.4, -0.2) is 36.9 Å². The molecule has 2 aliphatic heterocycles. The Kier molecular flexibility index (Phi) is 5.54. The molecule has 2 amide bonds. The number of fused-ring (bicyclic) bond motifs is 1. The molecule has 0 aliphatic carbocycles. The Labute approximate surface area is 160 Å². The number of aromatic nitrogens is 1. The molecule has 2 unspecified atom stereocenters. The minimum atomic E-state index is -0.240. The first kappa shape index (κ1) is 17.9. The highest BCUT2D eigenvalue weighted by Gasteiger charge is 2.28. The fourth-order valence-corrected chi connectivity index (χ4v) is 5.40. The Balaban J connectivity index is 1.34. The number of nitrogens with zero attached hydrogens (tertiary/aromatic N) is 1. The van der Waals surface area contributed by atoms with Gasteiger partial charge in [0, 0.05) is 35.6 Å². The Hall–Kier alpha value is -1.48. The van der Waals surface area contributed by atoms with E-state index in [1.807, 2.05) is 13.1 Å². The molecule has 2 aromatic rings. The number of anilines is 1. The maximum Gasteiger partial charge on any atom is 0.321 e. The fourth-order valence-electron chi connectivity index (χ4n) is 3.52. The lowest BCUT2D eigenvalue weighted by atomic mass is 9.99. The number of urea groups is 1. The second kappa shape index (κ2) is 8.04. The predicted octanol–water partition coefficient (Wildman–Crippen LogP) is 3.92. The van der Waals surface area contributed by atoms with E-state index in [9.17, 15) is 4.79 Å². The SMILES string of the molecule is CC(NC(=O)Nc1ncc(C2CCOCC2)s1)C1OCCc2sccc21. The summed E-state index contributed by atoms with van der Waals surface area (Å²) in [7, 11) is 0. The first-order chi connectivity index (χ1) is 12.7. The summed E-state index contributed by atoms with van der Waals surface area (Å²) in [6.07, 6.45) is 4.78. The number of rotatable bonds is 4. The van der Waals surface area contributed by atoms with Gasteiger partial charge in [0.15, 0.2) is 5.13 Å². The maximum atomic E-state index is 12.4. The quantitative estimate of drug-likeness (QED) is 0.826. The van der Waals surface area contributed by atoms with Crippen molar-refractivity contribution in [1.82, 2.24) is 10.3 Å². The van der Waals surface area contributed by atoms with Crippen LogP contribution in [0.15, 0.2) is 17.6 Å². The summed E-state index contributed by atoms with van der Waals surface area (Å²) in [5.41, 5.74) is 1.20. The number of carbonyl (C=O) groups excluding carboxylic acids is 1. The molecule has 2 atom stereocenters. The van der Waals surface area contributed by atoms with Crippen LogP contribution < -0.4 is 10.6 Å². The number of nitrogens with one attached hydrogen (secondary N) is 2. The summed E-state index contributed by atoms with van der Waals surface area (Å²) >= 11 is 3.31. The van der Waals surface area contributed by atoms with Crippen molar-refractivity contribution in [2.45, 2.75) is 44.2 Å². The number of ether oxygens (including phenoxy) is 2. The van der Waals surface area contributed by atoms with Crippen molar-refractivity contribution < 1.29 is 14.3 Å². The second-order valence-electron chi connectivity index (χ2n) is 6.68. The molecule has 2 N–H and O–H groups in total. The molecule has 1 fully saturated rings. The number of thiazole rings is 1. The number of hydrogen-bond acceptors (Lipinski definition) is 6. The molecule has 4 rings (SSSR count). The van der Waals surface area contributed by atoms with Gasteiger partial charge in [-0.2, -0.15) is 0 Å². The lowest BCUT2D eigenvalue weighted by molar-refractivity contribution is 0.0238. The third-order valence-electron chi connectivity index (χ3n) is 4.89. The highest BCUT2D eigenvalue weighted by atomic mass is 32.1. The molecule has 1 saturated heterocycles. The van der Waals surface area contributed by atoms with E-state index in [4.69, 9.17) is 9.47 Å². The van der Waals surface area contributed by atoms with Crippen molar-refractivity contribution in [3.63, 3.8) is 0 Å². The Morgan fingerprint density at radius 2 is 2.19 bits per heavy atom. The van der Waals surface area contributed by atoms with Crippen molar-refractivity contribution in [2.75, 3.05) is 25.1 Å². The standard InChI is InChI=1S/C18H23N3O3S2/c1-11(16-13-5-9-25-14(13)4-8-24-16)20-17(22)21-18-19-10-15(26-18)12-2-6-23-7-3-12/h5,9-12,16H,2-4,6-8H2,1H3,(H2,19,20,21,22). The van der Waals surface area contributed by atoms with Gasteiger partial charge in [0.2, 0.25) is 0 Å². The summed E-state index contributed by atoms with van der Waals surface area (Å²) < 4.78 is 11.3. The highest BCUT2D eigenvalue weighted by Crippen LogP contribution is 2.34. The minimum Gasteiger partial charge on any atom is -0.381 e. The smallest absolute Gasteiger partial charge is 0.321 e. The van der Waals surface area contributed by atoms with E-state index in [1.165, 1.54) is 15.3 Å². The van der Waals surface area contributed by atoms with Gasteiger partial charge in [-0.3, -0.25) is 5.32 Å². The Morgan fingerprint density at radius 1 is 1.35 bits per heavy atom. The number of hydrogen-bond donors (Lipinski definition) is 2. The van der Waals surface area contributed by atoms with E-state index in [-0.39, 0.29) is 18.2 Å². The lowest BCUT2D eigenvalue weighted by Crippen LogP contribution is -2.41. The molecular formula is C18H23N3O3S2. The van der Waals surface area contributed by atoms with Crippen molar-refractivity contribution in [3.05, 3.63) is 33.0 Å². The van der Waals surface area contributed by atoms with E-state index >= 15 is 0 Å². The van der Waals surface area contributed by atoms with Crippen LogP contribution >= 0.6 is 22.7 Å². The lowest BCUT2D eigenvalue weighted by Gasteiger charge is -2.29. The average Bonchev–Trinajstić information content (AvgIpc) is 3.31. The normalized spacial score (nSPS) is 21.8. The topological polar surface area (TPSA) is 72.5 Å². The van der Waals surface area contributed by atoms with Crippen molar-refractivity contribution in [1.29, 1.82) is 0 Å². The number of carbonyl (C=O) groups is 1. The minimum absolute atomic E-state index is 0.0927. The van der Waals surface area contributed by atoms with Crippen molar-refractivity contribution in [2.24, 2.45) is 0 Å². The van der Waals surface area contributed by atoms with Gasteiger partial charge in [0.25, 0.3) is 0 Å². The van der Waals surface area contributed by atoms with Crippen molar-refractivity contribution >= 4 is 33.8 Å². The van der Waals surface area contributed by atoms with Gasteiger partial charge in [-0.1, -0.05) is 0 Å². The molecule has 0 spiro atoms. The molecule has 26 heavy (non-hydrogen) atoms. The zero-order valence-corrected chi connectivity index (χ0v) is 16.3. The summed E-state index contributed by atoms with van der Waals surface area (Å²) in [6.45, 7) is 4.28. The van der Waals surface area contributed by atoms with Gasteiger partial charge in [0.1, 0.15) is 6.10 Å². The molecule has 0 bridgehead atoms. The van der Waals surface area contributed by atoms with Gasteiger partial charge in [0.05, 0.1) is 12.6 Å². The second-order valence-corrected chi connectivity index (χ2v) is 8.74. The van der Waals surface area contributed by atoms with Crippen LogP contribution in [0.2, 0.25) is 0 Å². The predicted molar refractivity (Wildman–Crippen MR) is 103 cm³/mol. The van der Waals surface area contributed by atoms with Crippen LogP contribution in [-0.2, 0) is 15.9 Å². The third-order valence-corrected chi connectivity index (χ3v) is 6.97. The molecule has 140 valence electrons. The summed E-state index contributed by atoms with van der Waals surface area (Å²) in [4.78, 5) is 19.3. The molecule has 0 aromatic carbocycles. The van der Waals surface area contributed by atoms with E-state index in [0.717, 1.165) is 32.5 Å². The Bertz CT molecular complexity index is 754. The molecule has 6 nitrogen and oxygen atoms in total. The number of amides is 2. The summed E-state index contributed by atoms with van der Waals surface area (Å²) in [5.74, 6) is 0.492. The molecule has 0 radical (unpaired) electrons. The fraction of sp³-hybridized carbons (Fsp3) is 0.556. The van der Waals surface area contributed by atoms with E-state index in [0.29, 0.717) is 17.7 Å². The molecule has 8 heteroatoms. The van der Waals surface area contributed by atoms with E-state index in [1.54, 1.807) is 22.7 Å². The highest BCUT2D eigenvalue weighted by molar-refractivity contribution is 7.15. The van der Waals surface area contributed by atoms with Gasteiger partial charge in [-0.25, -0.2) is 9.78 Å². The van der Waals surface area contributed by atoms with Gasteiger partial charge in [-0.15, -0.1) is 22.7 Å². The largest absolute Gasteiger partial charge is 0.381 e. The zero-order chi connectivity index (χ0) is 17.9. The maximum absolute atomic E-state index is 12.4. The molecule has 2 aromatic heterocycles. The summed E-state index contributed by atoms with van der Waals surface area (Å²) in [5, 5.41) is 8.58. The molecular weight excluding hydrogens is 370 g/mol. The third kappa shape index (κ3) is 3.93. The van der Waals surface area contributed by atoms with Gasteiger partial charge >= 0.3 is 6.03 Å². The zero-order valence-electron chi connectivity index (χ0n) is 14.7. The molecule has 4 heterocycles. The molecule has 0 saturated carbocycles.